The highest BCUT2D eigenvalue weighted by Crippen LogP contribution is 2.45. The minimum absolute atomic E-state index is 0.0318. The Morgan fingerprint density at radius 1 is 0.825 bits per heavy atom. The third-order valence-corrected chi connectivity index (χ3v) is 12.9. The molecule has 0 atom stereocenters. The highest BCUT2D eigenvalue weighted by molar-refractivity contribution is 7.90. The summed E-state index contributed by atoms with van der Waals surface area (Å²) in [6, 6.07) is 19.5. The number of carbonyl (C=O) groups is 3. The molecule has 1 saturated carbocycles. The number of benzene rings is 3. The van der Waals surface area contributed by atoms with E-state index in [4.69, 9.17) is 9.47 Å². The summed E-state index contributed by atoms with van der Waals surface area (Å²) in [4.78, 5) is 43.8. The van der Waals surface area contributed by atoms with Crippen molar-refractivity contribution in [2.45, 2.75) is 76.9 Å². The summed E-state index contributed by atoms with van der Waals surface area (Å²) in [7, 11) is -3.85. The molecule has 0 unspecified atom stereocenters. The Bertz CT molecular complexity index is 2270. The zero-order valence-corrected chi connectivity index (χ0v) is 33.2. The van der Waals surface area contributed by atoms with Gasteiger partial charge in [0.1, 0.15) is 18.9 Å². The van der Waals surface area contributed by atoms with E-state index in [2.05, 4.69) is 27.1 Å². The molecule has 3 aliphatic heterocycles. The first-order chi connectivity index (χ1) is 27.7. The number of rotatable bonds is 7. The van der Waals surface area contributed by atoms with Gasteiger partial charge >= 0.3 is 0 Å². The van der Waals surface area contributed by atoms with Gasteiger partial charge in [0.2, 0.25) is 21.8 Å². The van der Waals surface area contributed by atoms with Crippen molar-refractivity contribution in [1.82, 2.24) is 14.6 Å². The van der Waals surface area contributed by atoms with Gasteiger partial charge < -0.3 is 29.2 Å². The Labute approximate surface area is 334 Å². The van der Waals surface area contributed by atoms with Crippen molar-refractivity contribution in [2.24, 2.45) is 0 Å². The van der Waals surface area contributed by atoms with E-state index >= 15 is 0 Å². The van der Waals surface area contributed by atoms with Crippen LogP contribution in [-0.4, -0.2) is 75.9 Å². The van der Waals surface area contributed by atoms with E-state index in [9.17, 15) is 22.8 Å². The summed E-state index contributed by atoms with van der Waals surface area (Å²) in [6.07, 6.45) is 11.3. The average molecular weight is 794 g/mol. The molecule has 2 saturated heterocycles. The summed E-state index contributed by atoms with van der Waals surface area (Å²) < 4.78 is 42.0. The van der Waals surface area contributed by atoms with Gasteiger partial charge in [-0.3, -0.25) is 14.4 Å². The maximum absolute atomic E-state index is 13.6. The highest BCUT2D eigenvalue weighted by atomic mass is 32.2. The van der Waals surface area contributed by atoms with Gasteiger partial charge in [-0.15, -0.1) is 0 Å². The Morgan fingerprint density at radius 2 is 1.60 bits per heavy atom. The molecular formula is C44H51N5O7S. The number of hydrogen-bond acceptors (Lipinski definition) is 8. The van der Waals surface area contributed by atoms with E-state index < -0.39 is 15.9 Å². The fourth-order valence-electron chi connectivity index (χ4n) is 8.76. The van der Waals surface area contributed by atoms with Crippen LogP contribution < -0.4 is 24.6 Å². The van der Waals surface area contributed by atoms with Gasteiger partial charge in [-0.05, 0) is 104 Å². The molecule has 12 nitrogen and oxygen atoms in total. The molecule has 1 aliphatic carbocycles. The van der Waals surface area contributed by atoms with Crippen molar-refractivity contribution in [2.75, 3.05) is 54.9 Å². The zero-order valence-electron chi connectivity index (χ0n) is 32.3. The first kappa shape index (κ1) is 38.7. The molecule has 4 aliphatic rings. The third kappa shape index (κ3) is 8.74. The standard InChI is InChI=1S/C44H51N5O7S/c50-40-29-49-39-28-33(44(52)46-57(53,54)26-7-2-1-6-20-45-40)14-18-37(39)42(31-9-4-3-5-10-31)43(49)32-12-16-36(17-13-32)56-30-34-27-35(48-21-8-11-41(48)51)15-19-38(34)47-22-24-55-25-23-47/h1-2,12-19,27-28,31H,3-11,20-26,29-30H2,(H,45,50)(H,46,52)/b2-1-. The van der Waals surface area contributed by atoms with Crippen LogP contribution in [0, 0.1) is 0 Å². The number of morpholine rings is 1. The van der Waals surface area contributed by atoms with Crippen LogP contribution in [-0.2, 0) is 37.5 Å². The lowest BCUT2D eigenvalue weighted by Crippen LogP contribution is -2.37. The number of allylic oxidation sites excluding steroid dienone is 1. The van der Waals surface area contributed by atoms with Crippen LogP contribution in [0.15, 0.2) is 72.8 Å². The fraction of sp³-hybridized carbons (Fsp3) is 0.432. The van der Waals surface area contributed by atoms with Crippen LogP contribution in [0.3, 0.4) is 0 Å². The van der Waals surface area contributed by atoms with Gasteiger partial charge in [-0.25, -0.2) is 13.1 Å². The predicted molar refractivity (Wildman–Crippen MR) is 221 cm³/mol. The lowest BCUT2D eigenvalue weighted by atomic mass is 9.81. The molecule has 3 amide bonds. The molecule has 57 heavy (non-hydrogen) atoms. The molecule has 13 heteroatoms. The Morgan fingerprint density at radius 3 is 2.37 bits per heavy atom. The minimum Gasteiger partial charge on any atom is -0.489 e. The second-order valence-corrected chi connectivity index (χ2v) is 17.3. The van der Waals surface area contributed by atoms with E-state index in [1.807, 2.05) is 51.9 Å². The average Bonchev–Trinajstić information content (AvgIpc) is 3.80. The molecule has 3 fully saturated rings. The van der Waals surface area contributed by atoms with Crippen LogP contribution in [0.2, 0.25) is 0 Å². The molecule has 300 valence electrons. The van der Waals surface area contributed by atoms with Crippen molar-refractivity contribution in [3.8, 4) is 17.0 Å². The molecule has 3 aromatic carbocycles. The maximum atomic E-state index is 13.6. The second kappa shape index (κ2) is 17.2. The summed E-state index contributed by atoms with van der Waals surface area (Å²) in [5, 5.41) is 4.00. The molecule has 2 N–H and O–H groups in total. The summed E-state index contributed by atoms with van der Waals surface area (Å²) in [5.74, 6) is 0.0325. The van der Waals surface area contributed by atoms with Gasteiger partial charge in [-0.1, -0.05) is 37.5 Å². The summed E-state index contributed by atoms with van der Waals surface area (Å²) >= 11 is 0. The number of nitrogens with zero attached hydrogens (tertiary/aromatic N) is 3. The van der Waals surface area contributed by atoms with E-state index in [0.717, 1.165) is 84.3 Å². The molecule has 0 spiro atoms. The largest absolute Gasteiger partial charge is 0.489 e. The number of nitrogens with one attached hydrogen (secondary N) is 2. The lowest BCUT2D eigenvalue weighted by Gasteiger charge is -2.31. The number of anilines is 2. The molecular weight excluding hydrogens is 743 g/mol. The lowest BCUT2D eigenvalue weighted by molar-refractivity contribution is -0.121. The van der Waals surface area contributed by atoms with Gasteiger partial charge in [0.25, 0.3) is 5.91 Å². The fourth-order valence-corrected chi connectivity index (χ4v) is 9.71. The van der Waals surface area contributed by atoms with E-state index in [-0.39, 0.29) is 42.0 Å². The number of sulfonamides is 1. The predicted octanol–water partition coefficient (Wildman–Crippen LogP) is 6.42. The molecule has 2 bridgehead atoms. The SMILES string of the molecule is O=C1Cn2c(-c3ccc(OCc4cc(N5CCCC5=O)ccc4N4CCOCC4)cc3)c(C3CCCCC3)c3ccc(cc32)C(=O)NS(=O)(=O)CC/C=C\CCN1. The maximum Gasteiger partial charge on any atom is 0.264 e. The molecule has 4 heterocycles. The summed E-state index contributed by atoms with van der Waals surface area (Å²) in [5.41, 5.74) is 6.87. The van der Waals surface area contributed by atoms with Crippen LogP contribution in [0.25, 0.3) is 22.2 Å². The van der Waals surface area contributed by atoms with Gasteiger partial charge in [0, 0.05) is 60.5 Å². The monoisotopic (exact) mass is 793 g/mol. The first-order valence-corrected chi connectivity index (χ1v) is 22.0. The quantitative estimate of drug-likeness (QED) is 0.205. The zero-order chi connectivity index (χ0) is 39.4. The summed E-state index contributed by atoms with van der Waals surface area (Å²) in [6.45, 7) is 4.35. The van der Waals surface area contributed by atoms with Gasteiger partial charge in [-0.2, -0.15) is 0 Å². The smallest absolute Gasteiger partial charge is 0.264 e. The van der Waals surface area contributed by atoms with Gasteiger partial charge in [0.05, 0.1) is 30.2 Å². The van der Waals surface area contributed by atoms with Crippen LogP contribution in [0.4, 0.5) is 11.4 Å². The highest BCUT2D eigenvalue weighted by Gasteiger charge is 2.29. The van der Waals surface area contributed by atoms with E-state index in [1.165, 1.54) is 6.42 Å². The number of amides is 3. The van der Waals surface area contributed by atoms with Crippen molar-refractivity contribution in [3.63, 3.8) is 0 Å². The number of carbonyl (C=O) groups excluding carboxylic acids is 3. The van der Waals surface area contributed by atoms with Crippen LogP contribution in [0.5, 0.6) is 5.75 Å². The van der Waals surface area contributed by atoms with Crippen molar-refractivity contribution in [1.29, 1.82) is 0 Å². The number of ether oxygens (including phenoxy) is 2. The number of fused-ring (bicyclic) bond motifs is 1. The minimum atomic E-state index is -3.85. The normalized spacial score (nSPS) is 20.5. The first-order valence-electron chi connectivity index (χ1n) is 20.4. The number of aromatic nitrogens is 1. The Hall–Kier alpha value is -5.14. The van der Waals surface area contributed by atoms with Crippen LogP contribution in [0.1, 0.15) is 85.2 Å². The second-order valence-electron chi connectivity index (χ2n) is 15.4. The molecule has 8 rings (SSSR count). The molecule has 1 aromatic heterocycles. The topological polar surface area (TPSA) is 139 Å². The van der Waals surface area contributed by atoms with Crippen LogP contribution >= 0.6 is 0 Å². The van der Waals surface area contributed by atoms with E-state index in [1.54, 1.807) is 18.2 Å². The van der Waals surface area contributed by atoms with Crippen molar-refractivity contribution < 1.29 is 32.3 Å². The van der Waals surface area contributed by atoms with Crippen molar-refractivity contribution in [3.05, 3.63) is 89.5 Å². The number of hydrogen-bond donors (Lipinski definition) is 2. The third-order valence-electron chi connectivity index (χ3n) is 11.6. The molecule has 0 radical (unpaired) electrons. The van der Waals surface area contributed by atoms with E-state index in [0.29, 0.717) is 57.0 Å². The Balaban J connectivity index is 1.15. The van der Waals surface area contributed by atoms with Gasteiger partial charge in [0.15, 0.2) is 0 Å². The Kier molecular flexibility index (Phi) is 11.7. The molecule has 4 aromatic rings. The van der Waals surface area contributed by atoms with Crippen molar-refractivity contribution >= 4 is 50.0 Å².